The highest BCUT2D eigenvalue weighted by Crippen LogP contribution is 2.17. The van der Waals surface area contributed by atoms with E-state index in [0.717, 1.165) is 28.7 Å². The summed E-state index contributed by atoms with van der Waals surface area (Å²) in [6, 6.07) is 30.6. The van der Waals surface area contributed by atoms with Crippen molar-refractivity contribution < 1.29 is 19.1 Å². The molecule has 0 heterocycles. The van der Waals surface area contributed by atoms with Crippen LogP contribution in [-0.2, 0) is 16.0 Å². The van der Waals surface area contributed by atoms with Crippen molar-refractivity contribution in [2.75, 3.05) is 23.8 Å². The second-order valence-corrected chi connectivity index (χ2v) is 8.87. The van der Waals surface area contributed by atoms with Gasteiger partial charge in [-0.1, -0.05) is 59.7 Å². The van der Waals surface area contributed by atoms with Crippen LogP contribution in [0.15, 0.2) is 97.1 Å². The molecule has 4 rings (SSSR count). The molecule has 0 radical (unpaired) electrons. The Hall–Kier alpha value is -4.58. The summed E-state index contributed by atoms with van der Waals surface area (Å²) in [5.41, 5.74) is 5.92. The van der Waals surface area contributed by atoms with Gasteiger partial charge in [0.1, 0.15) is 11.5 Å². The molecule has 0 aliphatic heterocycles. The van der Waals surface area contributed by atoms with Gasteiger partial charge in [-0.3, -0.25) is 9.59 Å². The summed E-state index contributed by atoms with van der Waals surface area (Å²) in [4.78, 5) is 24.4. The number of rotatable bonds is 10. The minimum absolute atomic E-state index is 0.0498. The molecule has 0 bridgehead atoms. The lowest BCUT2D eigenvalue weighted by Crippen LogP contribution is -2.20. The van der Waals surface area contributed by atoms with Crippen LogP contribution in [0.3, 0.4) is 0 Å². The molecule has 37 heavy (non-hydrogen) atoms. The molecule has 4 aromatic carbocycles. The lowest BCUT2D eigenvalue weighted by molar-refractivity contribution is -0.118. The Balaban J connectivity index is 1.21. The molecule has 0 fully saturated rings. The molecule has 6 heteroatoms. The first kappa shape index (κ1) is 25.5. The number of benzene rings is 4. The Bertz CT molecular complexity index is 1210. The maximum atomic E-state index is 12.2. The van der Waals surface area contributed by atoms with E-state index in [9.17, 15) is 9.59 Å². The summed E-state index contributed by atoms with van der Waals surface area (Å²) < 4.78 is 11.0. The average molecular weight is 495 g/mol. The zero-order valence-electron chi connectivity index (χ0n) is 21.0. The highest BCUT2D eigenvalue weighted by molar-refractivity contribution is 5.92. The van der Waals surface area contributed by atoms with Gasteiger partial charge in [-0.2, -0.15) is 0 Å². The largest absolute Gasteiger partial charge is 0.484 e. The fourth-order valence-electron chi connectivity index (χ4n) is 3.61. The molecular formula is C31H30N2O4. The molecule has 2 N–H and O–H groups in total. The zero-order valence-corrected chi connectivity index (χ0v) is 21.0. The van der Waals surface area contributed by atoms with Crippen LogP contribution in [0, 0.1) is 13.8 Å². The zero-order chi connectivity index (χ0) is 26.0. The molecule has 6 nitrogen and oxygen atoms in total. The number of ether oxygens (including phenoxy) is 2. The third-order valence-electron chi connectivity index (χ3n) is 5.67. The molecule has 0 aliphatic rings. The van der Waals surface area contributed by atoms with Crippen LogP contribution in [0.4, 0.5) is 11.4 Å². The van der Waals surface area contributed by atoms with E-state index in [1.165, 1.54) is 0 Å². The second kappa shape index (κ2) is 12.4. The SMILES string of the molecule is Cc1ccc(OCC(=O)Nc2ccc(Cc3ccc(NC(=O)COc4ccc(C)cc4)cc3)cc2)cc1. The van der Waals surface area contributed by atoms with Crippen LogP contribution in [0.25, 0.3) is 0 Å². The van der Waals surface area contributed by atoms with E-state index in [4.69, 9.17) is 9.47 Å². The summed E-state index contributed by atoms with van der Waals surface area (Å²) in [5, 5.41) is 5.70. The van der Waals surface area contributed by atoms with Crippen LogP contribution < -0.4 is 20.1 Å². The molecule has 0 atom stereocenters. The fraction of sp³-hybridized carbons (Fsp3) is 0.161. The van der Waals surface area contributed by atoms with Crippen LogP contribution in [-0.4, -0.2) is 25.0 Å². The van der Waals surface area contributed by atoms with Crippen molar-refractivity contribution in [1.29, 1.82) is 0 Å². The van der Waals surface area contributed by atoms with Crippen molar-refractivity contribution in [2.45, 2.75) is 20.3 Å². The van der Waals surface area contributed by atoms with Crippen LogP contribution in [0.5, 0.6) is 11.5 Å². The van der Waals surface area contributed by atoms with Gasteiger partial charge in [0.05, 0.1) is 0 Å². The van der Waals surface area contributed by atoms with Crippen molar-refractivity contribution in [1.82, 2.24) is 0 Å². The Kier molecular flexibility index (Phi) is 8.55. The molecule has 188 valence electrons. The number of carbonyl (C=O) groups excluding carboxylic acids is 2. The summed E-state index contributed by atoms with van der Waals surface area (Å²) in [5.74, 6) is 0.903. The summed E-state index contributed by atoms with van der Waals surface area (Å²) >= 11 is 0. The quantitative estimate of drug-likeness (QED) is 0.287. The summed E-state index contributed by atoms with van der Waals surface area (Å²) in [6.45, 7) is 3.90. The van der Waals surface area contributed by atoms with Gasteiger partial charge in [0.2, 0.25) is 0 Å². The third-order valence-corrected chi connectivity index (χ3v) is 5.67. The Morgan fingerprint density at radius 2 is 0.892 bits per heavy atom. The Morgan fingerprint density at radius 1 is 0.541 bits per heavy atom. The Morgan fingerprint density at radius 3 is 1.24 bits per heavy atom. The number of anilines is 2. The predicted molar refractivity (Wildman–Crippen MR) is 146 cm³/mol. The van der Waals surface area contributed by atoms with Gasteiger partial charge in [-0.15, -0.1) is 0 Å². The van der Waals surface area contributed by atoms with E-state index < -0.39 is 0 Å². The highest BCUT2D eigenvalue weighted by atomic mass is 16.5. The molecule has 0 saturated carbocycles. The summed E-state index contributed by atoms with van der Waals surface area (Å²) in [7, 11) is 0. The number of nitrogens with one attached hydrogen (secondary N) is 2. The van der Waals surface area contributed by atoms with Crippen LogP contribution in [0.1, 0.15) is 22.3 Å². The first-order valence-corrected chi connectivity index (χ1v) is 12.1. The highest BCUT2D eigenvalue weighted by Gasteiger charge is 2.06. The number of carbonyl (C=O) groups is 2. The minimum atomic E-state index is -0.213. The second-order valence-electron chi connectivity index (χ2n) is 8.87. The van der Waals surface area contributed by atoms with Gasteiger partial charge in [-0.05, 0) is 79.9 Å². The third kappa shape index (κ3) is 8.25. The standard InChI is InChI=1S/C31H30N2O4/c1-22-3-15-28(16-4-22)36-20-30(34)32-26-11-7-24(8-12-26)19-25-9-13-27(14-10-25)33-31(35)21-37-29-17-5-23(2)6-18-29/h3-18H,19-21H2,1-2H3,(H,32,34)(H,33,35). The van der Waals surface area contributed by atoms with Crippen molar-refractivity contribution in [3.8, 4) is 11.5 Å². The monoisotopic (exact) mass is 494 g/mol. The lowest BCUT2D eigenvalue weighted by Gasteiger charge is -2.10. The van der Waals surface area contributed by atoms with Crippen LogP contribution in [0.2, 0.25) is 0 Å². The van der Waals surface area contributed by atoms with Gasteiger partial charge < -0.3 is 20.1 Å². The molecule has 0 aromatic heterocycles. The molecular weight excluding hydrogens is 464 g/mol. The van der Waals surface area contributed by atoms with Crippen molar-refractivity contribution in [3.05, 3.63) is 119 Å². The van der Waals surface area contributed by atoms with E-state index in [1.54, 1.807) is 0 Å². The average Bonchev–Trinajstić information content (AvgIpc) is 2.90. The molecule has 4 aromatic rings. The first-order valence-electron chi connectivity index (χ1n) is 12.1. The van der Waals surface area contributed by atoms with Gasteiger partial charge in [0.15, 0.2) is 13.2 Å². The smallest absolute Gasteiger partial charge is 0.262 e. The Labute approximate surface area is 217 Å². The van der Waals surface area contributed by atoms with E-state index in [-0.39, 0.29) is 25.0 Å². The van der Waals surface area contributed by atoms with Crippen LogP contribution >= 0.6 is 0 Å². The van der Waals surface area contributed by atoms with Gasteiger partial charge in [-0.25, -0.2) is 0 Å². The topological polar surface area (TPSA) is 76.7 Å². The first-order chi connectivity index (χ1) is 17.9. The van der Waals surface area contributed by atoms with Gasteiger partial charge >= 0.3 is 0 Å². The number of hydrogen-bond acceptors (Lipinski definition) is 4. The normalized spacial score (nSPS) is 10.4. The van der Waals surface area contributed by atoms with Gasteiger partial charge in [0.25, 0.3) is 11.8 Å². The molecule has 2 amide bonds. The maximum Gasteiger partial charge on any atom is 0.262 e. The molecule has 0 saturated heterocycles. The fourth-order valence-corrected chi connectivity index (χ4v) is 3.61. The van der Waals surface area contributed by atoms with Crippen molar-refractivity contribution in [3.63, 3.8) is 0 Å². The number of hydrogen-bond donors (Lipinski definition) is 2. The summed E-state index contributed by atoms with van der Waals surface area (Å²) in [6.07, 6.45) is 0.732. The van der Waals surface area contributed by atoms with Crippen molar-refractivity contribution >= 4 is 23.2 Å². The number of aryl methyl sites for hydroxylation is 2. The number of amides is 2. The minimum Gasteiger partial charge on any atom is -0.484 e. The van der Waals surface area contributed by atoms with E-state index in [2.05, 4.69) is 10.6 Å². The predicted octanol–water partition coefficient (Wildman–Crippen LogP) is 5.93. The van der Waals surface area contributed by atoms with E-state index >= 15 is 0 Å². The molecule has 0 spiro atoms. The molecule has 0 unspecified atom stereocenters. The lowest BCUT2D eigenvalue weighted by atomic mass is 10.0. The maximum absolute atomic E-state index is 12.2. The van der Waals surface area contributed by atoms with Crippen molar-refractivity contribution in [2.24, 2.45) is 0 Å². The molecule has 0 aliphatic carbocycles. The van der Waals surface area contributed by atoms with E-state index in [1.807, 2.05) is 111 Å². The van der Waals surface area contributed by atoms with E-state index in [0.29, 0.717) is 22.9 Å². The van der Waals surface area contributed by atoms with Gasteiger partial charge in [0, 0.05) is 11.4 Å².